The second-order valence-electron chi connectivity index (χ2n) is 8.44. The molecule has 0 saturated carbocycles. The fourth-order valence-electron chi connectivity index (χ4n) is 4.02. The number of benzene rings is 3. The van der Waals surface area contributed by atoms with Gasteiger partial charge in [-0.3, -0.25) is 4.79 Å². The van der Waals surface area contributed by atoms with Gasteiger partial charge < -0.3 is 14.3 Å². The molecule has 0 fully saturated rings. The third-order valence-corrected chi connectivity index (χ3v) is 7.40. The number of phenols is 1. The Bertz CT molecular complexity index is 1350. The number of unbranched alkanes of at least 4 members (excludes halogenated alkanes) is 2. The summed E-state index contributed by atoms with van der Waals surface area (Å²) < 4.78 is 13.5. The third-order valence-electron chi connectivity index (χ3n) is 5.75. The maximum Gasteiger partial charge on any atom is 0.197 e. The minimum absolute atomic E-state index is 0.103. The van der Waals surface area contributed by atoms with E-state index in [1.54, 1.807) is 12.1 Å². The van der Waals surface area contributed by atoms with Gasteiger partial charge in [-0.1, -0.05) is 56.7 Å². The zero-order chi connectivity index (χ0) is 24.9. The molecule has 6 heteroatoms. The van der Waals surface area contributed by atoms with Crippen molar-refractivity contribution in [3.05, 3.63) is 103 Å². The molecule has 0 radical (unpaired) electrons. The highest BCUT2D eigenvalue weighted by Gasteiger charge is 2.23. The highest BCUT2D eigenvalue weighted by atomic mass is 127. The van der Waals surface area contributed by atoms with Crippen LogP contribution in [0.2, 0.25) is 0 Å². The molecule has 4 aromatic rings. The topological polar surface area (TPSA) is 59.7 Å². The monoisotopic (exact) mass is 692 g/mol. The molecule has 0 atom stereocenters. The summed E-state index contributed by atoms with van der Waals surface area (Å²) in [7, 11) is 0. The van der Waals surface area contributed by atoms with Crippen molar-refractivity contribution >= 4 is 61.9 Å². The summed E-state index contributed by atoms with van der Waals surface area (Å²) in [4.78, 5) is 13.7. The van der Waals surface area contributed by atoms with Gasteiger partial charge in [0.2, 0.25) is 0 Å². The first-order valence-electron chi connectivity index (χ1n) is 11.5. The molecule has 35 heavy (non-hydrogen) atoms. The van der Waals surface area contributed by atoms with Crippen molar-refractivity contribution in [2.45, 2.75) is 39.0 Å². The number of rotatable bonds is 10. The minimum atomic E-state index is -0.103. The minimum Gasteiger partial charge on any atom is -0.506 e. The molecule has 0 aliphatic carbocycles. The fourth-order valence-corrected chi connectivity index (χ4v) is 5.79. The molecule has 4 rings (SSSR count). The van der Waals surface area contributed by atoms with E-state index in [1.807, 2.05) is 93.7 Å². The van der Waals surface area contributed by atoms with Gasteiger partial charge >= 0.3 is 0 Å². The molecule has 1 heterocycles. The molecule has 180 valence electrons. The molecule has 4 nitrogen and oxygen atoms in total. The molecule has 0 aliphatic rings. The van der Waals surface area contributed by atoms with E-state index in [-0.39, 0.29) is 11.5 Å². The highest BCUT2D eigenvalue weighted by molar-refractivity contribution is 14.1. The van der Waals surface area contributed by atoms with Gasteiger partial charge in [-0.25, -0.2) is 0 Å². The number of ketones is 1. The first-order chi connectivity index (χ1) is 16.9. The highest BCUT2D eigenvalue weighted by Crippen LogP contribution is 2.34. The maximum absolute atomic E-state index is 13.7. The van der Waals surface area contributed by atoms with Gasteiger partial charge in [0.25, 0.3) is 0 Å². The summed E-state index contributed by atoms with van der Waals surface area (Å²) in [5, 5.41) is 10.9. The number of phenolic OH excluding ortho intramolecular Hbond substituents is 1. The lowest BCUT2D eigenvalue weighted by atomic mass is 9.98. The Kier molecular flexibility index (Phi) is 8.54. The van der Waals surface area contributed by atoms with Gasteiger partial charge in [0.05, 0.1) is 12.7 Å². The van der Waals surface area contributed by atoms with E-state index in [0.29, 0.717) is 54.0 Å². The van der Waals surface area contributed by atoms with E-state index in [0.717, 1.165) is 30.2 Å². The van der Waals surface area contributed by atoms with Crippen LogP contribution in [-0.4, -0.2) is 10.9 Å². The van der Waals surface area contributed by atoms with Crippen molar-refractivity contribution in [2.24, 2.45) is 0 Å². The quantitative estimate of drug-likeness (QED) is 0.0785. The van der Waals surface area contributed by atoms with Crippen molar-refractivity contribution in [1.29, 1.82) is 0 Å². The Labute approximate surface area is 232 Å². The van der Waals surface area contributed by atoms with E-state index >= 15 is 0 Å². The number of furan rings is 1. The van der Waals surface area contributed by atoms with Crippen LogP contribution in [0.5, 0.6) is 11.5 Å². The van der Waals surface area contributed by atoms with E-state index in [2.05, 4.69) is 13.5 Å². The zero-order valence-electron chi connectivity index (χ0n) is 19.4. The summed E-state index contributed by atoms with van der Waals surface area (Å²) in [6.45, 7) is 6.21. The number of halogens is 2. The molecular formula is C29H26I2O4. The van der Waals surface area contributed by atoms with Crippen LogP contribution in [0, 0.1) is 7.14 Å². The number of aryl methyl sites for hydroxylation is 1. The first kappa shape index (κ1) is 25.8. The number of ether oxygens (including phenoxy) is 1. The summed E-state index contributed by atoms with van der Waals surface area (Å²) >= 11 is 4.10. The molecule has 0 aliphatic heterocycles. The third kappa shape index (κ3) is 6.09. The molecule has 0 spiro atoms. The Morgan fingerprint density at radius 2 is 1.74 bits per heavy atom. The average Bonchev–Trinajstić information content (AvgIpc) is 3.19. The van der Waals surface area contributed by atoms with Crippen LogP contribution < -0.4 is 4.74 Å². The second-order valence-corrected chi connectivity index (χ2v) is 10.8. The predicted molar refractivity (Wildman–Crippen MR) is 156 cm³/mol. The van der Waals surface area contributed by atoms with E-state index < -0.39 is 0 Å². The van der Waals surface area contributed by atoms with E-state index in [1.165, 1.54) is 0 Å². The van der Waals surface area contributed by atoms with Gasteiger partial charge in [-0.2, -0.15) is 0 Å². The number of aromatic hydroxyl groups is 1. The SMILES string of the molecule is C=C(Cc1ccccc1)Oc1ccc2c(C(=O)c3cc(I)c(O)c(I)c3)c(CCCCC)oc2c1. The molecule has 3 aromatic carbocycles. The van der Waals surface area contributed by atoms with Crippen LogP contribution in [-0.2, 0) is 12.8 Å². The van der Waals surface area contributed by atoms with Crippen LogP contribution in [0.1, 0.15) is 53.4 Å². The fraction of sp³-hybridized carbons (Fsp3) is 0.207. The molecule has 0 saturated heterocycles. The van der Waals surface area contributed by atoms with Crippen molar-refractivity contribution in [3.8, 4) is 11.5 Å². The molecule has 0 bridgehead atoms. The Morgan fingerprint density at radius 3 is 2.43 bits per heavy atom. The molecule has 0 unspecified atom stereocenters. The number of carbonyl (C=O) groups excluding carboxylic acids is 1. The predicted octanol–water partition coefficient (Wildman–Crippen LogP) is 8.45. The van der Waals surface area contributed by atoms with E-state index in [9.17, 15) is 9.90 Å². The van der Waals surface area contributed by atoms with Crippen molar-refractivity contribution in [3.63, 3.8) is 0 Å². The van der Waals surface area contributed by atoms with Crippen LogP contribution in [0.15, 0.2) is 77.4 Å². The lowest BCUT2D eigenvalue weighted by Gasteiger charge is -2.09. The lowest BCUT2D eigenvalue weighted by Crippen LogP contribution is -2.05. The van der Waals surface area contributed by atoms with Crippen LogP contribution in [0.4, 0.5) is 0 Å². The zero-order valence-corrected chi connectivity index (χ0v) is 23.8. The van der Waals surface area contributed by atoms with Gasteiger partial charge in [-0.15, -0.1) is 0 Å². The number of allylic oxidation sites excluding steroid dienone is 1. The number of hydrogen-bond donors (Lipinski definition) is 1. The van der Waals surface area contributed by atoms with Crippen LogP contribution in [0.25, 0.3) is 11.0 Å². The van der Waals surface area contributed by atoms with Gasteiger partial charge in [-0.05, 0) is 81.4 Å². The lowest BCUT2D eigenvalue weighted by molar-refractivity contribution is 0.103. The van der Waals surface area contributed by atoms with Crippen LogP contribution in [0.3, 0.4) is 0 Å². The molecular weight excluding hydrogens is 666 g/mol. The number of fused-ring (bicyclic) bond motifs is 1. The second kappa shape index (κ2) is 11.6. The smallest absolute Gasteiger partial charge is 0.197 e. The van der Waals surface area contributed by atoms with Crippen molar-refractivity contribution in [2.75, 3.05) is 0 Å². The number of carbonyl (C=O) groups is 1. The standard InChI is InChI=1S/C29H26I2O4/c1-3-4-6-11-25-27(28(32)20-15-23(30)29(33)24(31)16-20)22-13-12-21(17-26(22)35-25)34-18(2)14-19-9-7-5-8-10-19/h5,7-10,12-13,15-17,33H,2-4,6,11,14H2,1H3. The summed E-state index contributed by atoms with van der Waals surface area (Å²) in [5.74, 6) is 2.04. The molecule has 1 aromatic heterocycles. The Morgan fingerprint density at radius 1 is 1.03 bits per heavy atom. The Hall–Kier alpha value is -2.33. The van der Waals surface area contributed by atoms with Gasteiger partial charge in [0.15, 0.2) is 5.78 Å². The largest absolute Gasteiger partial charge is 0.506 e. The normalized spacial score (nSPS) is 11.1. The average molecular weight is 692 g/mol. The Balaban J connectivity index is 1.67. The van der Waals surface area contributed by atoms with E-state index in [4.69, 9.17) is 9.15 Å². The van der Waals surface area contributed by atoms with Crippen molar-refractivity contribution < 1.29 is 19.1 Å². The summed E-state index contributed by atoms with van der Waals surface area (Å²) in [6.07, 6.45) is 4.39. The van der Waals surface area contributed by atoms with Gasteiger partial charge in [0, 0.05) is 29.9 Å². The summed E-state index contributed by atoms with van der Waals surface area (Å²) in [5.41, 5.74) is 2.87. The molecule has 0 amide bonds. The summed E-state index contributed by atoms with van der Waals surface area (Å²) in [6, 6.07) is 19.1. The van der Waals surface area contributed by atoms with Gasteiger partial charge in [0.1, 0.15) is 28.6 Å². The van der Waals surface area contributed by atoms with Crippen LogP contribution >= 0.6 is 45.2 Å². The van der Waals surface area contributed by atoms with Crippen molar-refractivity contribution in [1.82, 2.24) is 0 Å². The number of hydrogen-bond acceptors (Lipinski definition) is 4. The molecule has 1 N–H and O–H groups in total. The first-order valence-corrected chi connectivity index (χ1v) is 13.7. The maximum atomic E-state index is 13.7.